The number of benzene rings is 1. The average Bonchev–Trinajstić information content (AvgIpc) is 3.22. The third-order valence-electron chi connectivity index (χ3n) is 6.40. The van der Waals surface area contributed by atoms with Gasteiger partial charge in [-0.3, -0.25) is 15.0 Å². The summed E-state index contributed by atoms with van der Waals surface area (Å²) in [5, 5.41) is 20.7. The second-order valence-electron chi connectivity index (χ2n) is 8.79. The second kappa shape index (κ2) is 10.1. The van der Waals surface area contributed by atoms with Crippen molar-refractivity contribution in [1.82, 2.24) is 19.8 Å². The molecule has 2 amide bonds. The van der Waals surface area contributed by atoms with E-state index in [2.05, 4.69) is 10.0 Å². The van der Waals surface area contributed by atoms with Crippen LogP contribution in [0.5, 0.6) is 0 Å². The van der Waals surface area contributed by atoms with E-state index in [1.54, 1.807) is 30.3 Å². The van der Waals surface area contributed by atoms with Gasteiger partial charge in [-0.1, -0.05) is 30.3 Å². The Morgan fingerprint density at radius 2 is 1.97 bits per heavy atom. The molecule has 0 bridgehead atoms. The number of likely N-dealkylation sites (tertiary alicyclic amines) is 1. The second-order valence-corrected chi connectivity index (χ2v) is 11.8. The molecule has 34 heavy (non-hydrogen) atoms. The smallest absolute Gasteiger partial charge is 0.244 e. The summed E-state index contributed by atoms with van der Waals surface area (Å²) in [7, 11) is -3.75. The van der Waals surface area contributed by atoms with Crippen molar-refractivity contribution in [3.63, 3.8) is 0 Å². The summed E-state index contributed by atoms with van der Waals surface area (Å²) in [6.07, 6.45) is 0.996. The van der Waals surface area contributed by atoms with Crippen LogP contribution in [0.1, 0.15) is 31.2 Å². The molecule has 11 nitrogen and oxygen atoms in total. The fourth-order valence-electron chi connectivity index (χ4n) is 4.73. The Labute approximate surface area is 203 Å². The Balaban J connectivity index is 1.41. The molecule has 3 fully saturated rings. The molecule has 3 saturated heterocycles. The highest BCUT2D eigenvalue weighted by molar-refractivity contribution is 8.00. The van der Waals surface area contributed by atoms with Crippen molar-refractivity contribution in [2.75, 3.05) is 12.3 Å². The SMILES string of the molecule is N=C(N)N1CCCC(NC(=O)[C@@H]2CS[C@H]3CCC(NS(=O)(=O)Cc4ccccc4)C(=O)N32)C1O. The zero-order valence-corrected chi connectivity index (χ0v) is 20.2. The van der Waals surface area contributed by atoms with Gasteiger partial charge in [0, 0.05) is 12.3 Å². The summed E-state index contributed by atoms with van der Waals surface area (Å²) in [6, 6.07) is 6.43. The van der Waals surface area contributed by atoms with Crippen LogP contribution in [0.2, 0.25) is 0 Å². The maximum absolute atomic E-state index is 13.3. The van der Waals surface area contributed by atoms with Crippen LogP contribution in [-0.4, -0.2) is 83.1 Å². The standard InChI is InChI=1S/C21H30N6O5S2/c22-21(23)26-10-4-7-14(19(26)29)24-18(28)16-11-33-17-9-8-15(20(30)27(16)17)25-34(31,32)12-13-5-2-1-3-6-13/h1-3,5-6,14-17,19,25,29H,4,7-12H2,(H3,22,23)(H,24,28)/t14?,15?,16-,17-,19?/m0/s1. The molecule has 6 N–H and O–H groups in total. The summed E-state index contributed by atoms with van der Waals surface area (Å²) in [4.78, 5) is 29.2. The van der Waals surface area contributed by atoms with Gasteiger partial charge < -0.3 is 26.0 Å². The number of hydrogen-bond acceptors (Lipinski definition) is 7. The van der Waals surface area contributed by atoms with E-state index in [4.69, 9.17) is 11.1 Å². The summed E-state index contributed by atoms with van der Waals surface area (Å²) < 4.78 is 27.9. The van der Waals surface area contributed by atoms with E-state index >= 15 is 0 Å². The van der Waals surface area contributed by atoms with Crippen LogP contribution in [0.3, 0.4) is 0 Å². The Hall–Kier alpha value is -2.35. The number of aliphatic hydroxyl groups excluding tert-OH is 1. The largest absolute Gasteiger partial charge is 0.371 e. The van der Waals surface area contributed by atoms with Crippen LogP contribution >= 0.6 is 11.8 Å². The van der Waals surface area contributed by atoms with E-state index < -0.39 is 46.2 Å². The number of thioether (sulfide) groups is 1. The van der Waals surface area contributed by atoms with Gasteiger partial charge in [0.15, 0.2) is 5.96 Å². The molecule has 0 radical (unpaired) electrons. The van der Waals surface area contributed by atoms with Crippen LogP contribution in [0.15, 0.2) is 30.3 Å². The third kappa shape index (κ3) is 5.32. The van der Waals surface area contributed by atoms with Crippen molar-refractivity contribution >= 4 is 39.6 Å². The molecule has 5 atom stereocenters. The third-order valence-corrected chi connectivity index (χ3v) is 9.11. The lowest BCUT2D eigenvalue weighted by molar-refractivity contribution is -0.144. The lowest BCUT2D eigenvalue weighted by atomic mass is 10.0. The number of piperidine rings is 2. The maximum atomic E-state index is 13.3. The van der Waals surface area contributed by atoms with Gasteiger partial charge >= 0.3 is 0 Å². The summed E-state index contributed by atoms with van der Waals surface area (Å²) >= 11 is 1.50. The molecule has 3 unspecified atom stereocenters. The molecular weight excluding hydrogens is 480 g/mol. The first-order chi connectivity index (χ1) is 16.2. The number of nitrogens with one attached hydrogen (secondary N) is 3. The molecule has 1 aromatic carbocycles. The van der Waals surface area contributed by atoms with Crippen molar-refractivity contribution in [2.24, 2.45) is 5.73 Å². The van der Waals surface area contributed by atoms with E-state index in [0.29, 0.717) is 43.5 Å². The average molecular weight is 511 g/mol. The Kier molecular flexibility index (Phi) is 7.36. The quantitative estimate of drug-likeness (QED) is 0.248. The van der Waals surface area contributed by atoms with Crippen LogP contribution in [0.25, 0.3) is 0 Å². The minimum Gasteiger partial charge on any atom is -0.371 e. The zero-order chi connectivity index (χ0) is 24.5. The van der Waals surface area contributed by atoms with Gasteiger partial charge in [0.05, 0.1) is 17.2 Å². The summed E-state index contributed by atoms with van der Waals surface area (Å²) in [5.74, 6) is -0.908. The molecular formula is C21H30N6O5S2. The molecule has 1 aromatic rings. The van der Waals surface area contributed by atoms with E-state index in [1.807, 2.05) is 0 Å². The lowest BCUT2D eigenvalue weighted by Gasteiger charge is -2.40. The highest BCUT2D eigenvalue weighted by Gasteiger charge is 2.48. The number of aliphatic hydroxyl groups is 1. The molecule has 3 aliphatic heterocycles. The minimum absolute atomic E-state index is 0.192. The molecule has 13 heteroatoms. The molecule has 3 aliphatic rings. The van der Waals surface area contributed by atoms with Gasteiger partial charge in [-0.15, -0.1) is 11.8 Å². The fraction of sp³-hybridized carbons (Fsp3) is 0.571. The molecule has 186 valence electrons. The minimum atomic E-state index is -3.75. The van der Waals surface area contributed by atoms with Gasteiger partial charge in [-0.2, -0.15) is 0 Å². The van der Waals surface area contributed by atoms with Gasteiger partial charge in [-0.05, 0) is 31.2 Å². The molecule has 0 aliphatic carbocycles. The topological polar surface area (TPSA) is 169 Å². The monoisotopic (exact) mass is 510 g/mol. The number of nitrogens with zero attached hydrogens (tertiary/aromatic N) is 2. The van der Waals surface area contributed by atoms with E-state index in [0.717, 1.165) is 0 Å². The predicted molar refractivity (Wildman–Crippen MR) is 128 cm³/mol. The normalized spacial score (nSPS) is 29.6. The molecule has 3 heterocycles. The number of hydrogen-bond donors (Lipinski definition) is 5. The van der Waals surface area contributed by atoms with E-state index in [1.165, 1.54) is 21.6 Å². The number of guanidine groups is 1. The number of fused-ring (bicyclic) bond motifs is 1. The first kappa shape index (κ1) is 24.8. The van der Waals surface area contributed by atoms with Crippen molar-refractivity contribution in [3.05, 3.63) is 35.9 Å². The van der Waals surface area contributed by atoms with Crippen molar-refractivity contribution in [3.8, 4) is 0 Å². The number of sulfonamides is 1. The van der Waals surface area contributed by atoms with Crippen molar-refractivity contribution < 1.29 is 23.1 Å². The van der Waals surface area contributed by atoms with Crippen LogP contribution in [-0.2, 0) is 25.4 Å². The Bertz CT molecular complexity index is 1040. The number of amides is 2. The number of rotatable bonds is 6. The number of nitrogens with two attached hydrogens (primary N) is 1. The van der Waals surface area contributed by atoms with Crippen molar-refractivity contribution in [2.45, 2.75) is 61.2 Å². The zero-order valence-electron chi connectivity index (χ0n) is 18.6. The van der Waals surface area contributed by atoms with Gasteiger partial charge in [0.1, 0.15) is 18.3 Å². The predicted octanol–water partition coefficient (Wildman–Crippen LogP) is -0.669. The van der Waals surface area contributed by atoms with Gasteiger partial charge in [0.25, 0.3) is 0 Å². The van der Waals surface area contributed by atoms with Gasteiger partial charge in [0.2, 0.25) is 21.8 Å². The summed E-state index contributed by atoms with van der Waals surface area (Å²) in [6.45, 7) is 0.430. The molecule has 4 rings (SSSR count). The first-order valence-corrected chi connectivity index (χ1v) is 13.9. The van der Waals surface area contributed by atoms with Crippen molar-refractivity contribution in [1.29, 1.82) is 5.41 Å². The highest BCUT2D eigenvalue weighted by Crippen LogP contribution is 2.37. The van der Waals surface area contributed by atoms with Crippen LogP contribution in [0, 0.1) is 5.41 Å². The molecule has 0 saturated carbocycles. The number of carbonyl (C=O) groups is 2. The van der Waals surface area contributed by atoms with Crippen LogP contribution < -0.4 is 15.8 Å². The van der Waals surface area contributed by atoms with Crippen LogP contribution in [0.4, 0.5) is 0 Å². The Morgan fingerprint density at radius 3 is 2.68 bits per heavy atom. The number of carbonyl (C=O) groups excluding carboxylic acids is 2. The summed E-state index contributed by atoms with van der Waals surface area (Å²) in [5.41, 5.74) is 6.14. The van der Waals surface area contributed by atoms with Gasteiger partial charge in [-0.25, -0.2) is 13.1 Å². The lowest BCUT2D eigenvalue weighted by Crippen LogP contribution is -2.62. The fourth-order valence-corrected chi connectivity index (χ4v) is 7.52. The van der Waals surface area contributed by atoms with E-state index in [9.17, 15) is 23.1 Å². The molecule has 0 spiro atoms. The maximum Gasteiger partial charge on any atom is 0.244 e. The highest BCUT2D eigenvalue weighted by atomic mass is 32.2. The van der Waals surface area contributed by atoms with E-state index in [-0.39, 0.29) is 17.1 Å². The molecule has 0 aromatic heterocycles. The Morgan fingerprint density at radius 1 is 1.24 bits per heavy atom. The first-order valence-electron chi connectivity index (χ1n) is 11.2.